The van der Waals surface area contributed by atoms with Crippen LogP contribution in [0.5, 0.6) is 0 Å². The minimum atomic E-state index is 0.123. The zero-order chi connectivity index (χ0) is 15.9. The molecule has 0 spiro atoms. The fraction of sp³-hybridized carbons (Fsp3) is 0.333. The summed E-state index contributed by atoms with van der Waals surface area (Å²) >= 11 is 3.58. The summed E-state index contributed by atoms with van der Waals surface area (Å²) in [5.74, 6) is 0. The summed E-state index contributed by atoms with van der Waals surface area (Å²) in [6.45, 7) is 11.7. The monoisotopic (exact) mass is 363 g/mol. The molecule has 0 aliphatic heterocycles. The predicted molar refractivity (Wildman–Crippen MR) is 95.4 cm³/mol. The van der Waals surface area contributed by atoms with E-state index in [-0.39, 0.29) is 6.04 Å². The summed E-state index contributed by atoms with van der Waals surface area (Å²) in [5.41, 5.74) is 2.43. The fourth-order valence-corrected chi connectivity index (χ4v) is 2.81. The van der Waals surface area contributed by atoms with E-state index in [4.69, 9.17) is 9.47 Å². The Morgan fingerprint density at radius 2 is 1.77 bits per heavy atom. The average Bonchev–Trinajstić information content (AvgIpc) is 2.94. The molecule has 0 bridgehead atoms. The number of aryl methyl sites for hydroxylation is 1. The topological polar surface area (TPSA) is 23.4 Å². The smallest absolute Gasteiger partial charge is 0.0804 e. The molecule has 0 unspecified atom stereocenters. The van der Waals surface area contributed by atoms with Gasteiger partial charge in [-0.05, 0) is 30.7 Å². The fourth-order valence-electron chi connectivity index (χ4n) is 2.46. The predicted octanol–water partition coefficient (Wildman–Crippen LogP) is 4.66. The number of hydrogen-bond donors (Lipinski definition) is 0. The first kappa shape index (κ1) is 17.0. The van der Waals surface area contributed by atoms with Gasteiger partial charge in [0.1, 0.15) is 0 Å². The van der Waals surface area contributed by atoms with Gasteiger partial charge in [0.25, 0.3) is 0 Å². The van der Waals surface area contributed by atoms with Crippen LogP contribution in [0.15, 0.2) is 54.2 Å². The third-order valence-corrected chi connectivity index (χ3v) is 4.45. The Morgan fingerprint density at radius 3 is 2.36 bits per heavy atom. The van der Waals surface area contributed by atoms with Crippen LogP contribution in [0.2, 0.25) is 0 Å². The van der Waals surface area contributed by atoms with Crippen LogP contribution in [0.3, 0.4) is 0 Å². The lowest BCUT2D eigenvalue weighted by Gasteiger charge is -2.20. The van der Waals surface area contributed by atoms with Gasteiger partial charge in [-0.2, -0.15) is 0 Å². The zero-order valence-electron chi connectivity index (χ0n) is 12.9. The highest BCUT2D eigenvalue weighted by Crippen LogP contribution is 2.28. The number of halogens is 1. The highest BCUT2D eigenvalue weighted by Gasteiger charge is 2.15. The molecule has 0 radical (unpaired) electrons. The van der Waals surface area contributed by atoms with Crippen LogP contribution in [-0.4, -0.2) is 31.0 Å². The van der Waals surface area contributed by atoms with Gasteiger partial charge in [0.2, 0.25) is 0 Å². The van der Waals surface area contributed by atoms with Crippen LogP contribution in [0.25, 0.3) is 10.9 Å². The molecule has 0 saturated carbocycles. The van der Waals surface area contributed by atoms with Crippen LogP contribution in [-0.2, 0) is 9.47 Å². The molecular formula is C18H22BrNO2. The van der Waals surface area contributed by atoms with Crippen LogP contribution in [0, 0.1) is 6.92 Å². The first-order chi connectivity index (χ1) is 10.7. The second kappa shape index (κ2) is 8.32. The van der Waals surface area contributed by atoms with E-state index in [9.17, 15) is 0 Å². The molecule has 118 valence electrons. The highest BCUT2D eigenvalue weighted by atomic mass is 79.9. The van der Waals surface area contributed by atoms with Crippen LogP contribution < -0.4 is 0 Å². The van der Waals surface area contributed by atoms with E-state index in [2.05, 4.69) is 65.0 Å². The summed E-state index contributed by atoms with van der Waals surface area (Å²) in [6.07, 6.45) is 5.62. The number of ether oxygens (including phenoxy) is 2. The SMILES string of the molecule is C=CCOCC(COCC=C)n1ccc2c(C)c(Br)ccc21. The van der Waals surface area contributed by atoms with E-state index in [1.165, 1.54) is 16.5 Å². The lowest BCUT2D eigenvalue weighted by Crippen LogP contribution is -2.20. The Morgan fingerprint density at radius 1 is 1.14 bits per heavy atom. The molecule has 2 rings (SSSR count). The molecule has 1 aromatic heterocycles. The second-order valence-electron chi connectivity index (χ2n) is 5.13. The average molecular weight is 364 g/mol. The maximum Gasteiger partial charge on any atom is 0.0804 e. The molecule has 4 heteroatoms. The molecular weight excluding hydrogens is 342 g/mol. The largest absolute Gasteiger partial charge is 0.375 e. The van der Waals surface area contributed by atoms with Gasteiger partial charge in [0, 0.05) is 21.6 Å². The van der Waals surface area contributed by atoms with E-state index < -0.39 is 0 Å². The zero-order valence-corrected chi connectivity index (χ0v) is 14.5. The van der Waals surface area contributed by atoms with Crippen LogP contribution in [0.4, 0.5) is 0 Å². The molecule has 3 nitrogen and oxygen atoms in total. The number of rotatable bonds is 9. The Kier molecular flexibility index (Phi) is 6.43. The van der Waals surface area contributed by atoms with Crippen molar-refractivity contribution in [2.24, 2.45) is 0 Å². The van der Waals surface area contributed by atoms with Crippen molar-refractivity contribution in [2.45, 2.75) is 13.0 Å². The maximum atomic E-state index is 5.65. The molecule has 0 saturated heterocycles. The molecule has 0 amide bonds. The van der Waals surface area contributed by atoms with Crippen molar-refractivity contribution >= 4 is 26.8 Å². The lowest BCUT2D eigenvalue weighted by molar-refractivity contribution is 0.0650. The van der Waals surface area contributed by atoms with Gasteiger partial charge in [-0.3, -0.25) is 0 Å². The summed E-state index contributed by atoms with van der Waals surface area (Å²) in [6, 6.07) is 6.47. The minimum Gasteiger partial charge on any atom is -0.375 e. The van der Waals surface area contributed by atoms with Gasteiger partial charge in [-0.1, -0.05) is 28.1 Å². The number of benzene rings is 1. The first-order valence-electron chi connectivity index (χ1n) is 7.32. The van der Waals surface area contributed by atoms with Gasteiger partial charge in [0.05, 0.1) is 32.5 Å². The van der Waals surface area contributed by atoms with Gasteiger partial charge >= 0.3 is 0 Å². The number of fused-ring (bicyclic) bond motifs is 1. The van der Waals surface area contributed by atoms with Crippen LogP contribution in [0.1, 0.15) is 11.6 Å². The van der Waals surface area contributed by atoms with Crippen molar-refractivity contribution in [1.29, 1.82) is 0 Å². The number of hydrogen-bond acceptors (Lipinski definition) is 2. The summed E-state index contributed by atoms with van der Waals surface area (Å²) in [4.78, 5) is 0. The second-order valence-corrected chi connectivity index (χ2v) is 5.99. The maximum absolute atomic E-state index is 5.65. The molecule has 1 aromatic carbocycles. The Labute approximate surface area is 140 Å². The third kappa shape index (κ3) is 3.88. The van der Waals surface area contributed by atoms with Crippen molar-refractivity contribution in [3.63, 3.8) is 0 Å². The normalized spacial score (nSPS) is 11.2. The van der Waals surface area contributed by atoms with Crippen molar-refractivity contribution in [3.8, 4) is 0 Å². The van der Waals surface area contributed by atoms with Crippen molar-refractivity contribution in [2.75, 3.05) is 26.4 Å². The summed E-state index contributed by atoms with van der Waals surface area (Å²) in [7, 11) is 0. The van der Waals surface area contributed by atoms with Crippen molar-refractivity contribution in [3.05, 3.63) is 59.7 Å². The Balaban J connectivity index is 2.27. The Bertz CT molecular complexity index is 634. The molecule has 0 atom stereocenters. The van der Waals surface area contributed by atoms with Crippen LogP contribution >= 0.6 is 15.9 Å². The lowest BCUT2D eigenvalue weighted by atomic mass is 10.1. The molecule has 0 N–H and O–H groups in total. The Hall–Kier alpha value is -1.36. The highest BCUT2D eigenvalue weighted by molar-refractivity contribution is 9.10. The molecule has 22 heavy (non-hydrogen) atoms. The minimum absolute atomic E-state index is 0.123. The summed E-state index contributed by atoms with van der Waals surface area (Å²) < 4.78 is 14.6. The van der Waals surface area contributed by atoms with E-state index in [1.807, 2.05) is 0 Å². The quantitative estimate of drug-likeness (QED) is 0.477. The molecule has 2 aromatic rings. The standard InChI is InChI=1S/C18H22BrNO2/c1-4-10-21-12-15(13-22-11-5-2)20-9-8-16-14(3)17(19)6-7-18(16)20/h4-9,15H,1-2,10-13H2,3H3. The van der Waals surface area contributed by atoms with Crippen molar-refractivity contribution < 1.29 is 9.47 Å². The van der Waals surface area contributed by atoms with Gasteiger partial charge in [0.15, 0.2) is 0 Å². The van der Waals surface area contributed by atoms with Gasteiger partial charge in [-0.25, -0.2) is 0 Å². The third-order valence-electron chi connectivity index (χ3n) is 3.59. The number of nitrogens with zero attached hydrogens (tertiary/aromatic N) is 1. The number of aromatic nitrogens is 1. The summed E-state index contributed by atoms with van der Waals surface area (Å²) in [5, 5.41) is 1.24. The van der Waals surface area contributed by atoms with E-state index in [0.29, 0.717) is 26.4 Å². The van der Waals surface area contributed by atoms with E-state index >= 15 is 0 Å². The van der Waals surface area contributed by atoms with Crippen molar-refractivity contribution in [1.82, 2.24) is 4.57 Å². The molecule has 1 heterocycles. The first-order valence-corrected chi connectivity index (χ1v) is 8.11. The molecule has 0 fully saturated rings. The molecule has 0 aliphatic carbocycles. The van der Waals surface area contributed by atoms with Gasteiger partial charge < -0.3 is 14.0 Å². The van der Waals surface area contributed by atoms with Gasteiger partial charge in [-0.15, -0.1) is 13.2 Å². The molecule has 0 aliphatic rings. The van der Waals surface area contributed by atoms with E-state index in [0.717, 1.165) is 4.47 Å². The van der Waals surface area contributed by atoms with E-state index in [1.54, 1.807) is 12.2 Å².